The molecular formula is C24H26F3N7O3S. The Bertz CT molecular complexity index is 1420. The summed E-state index contributed by atoms with van der Waals surface area (Å²) in [5, 5.41) is 27.7. The van der Waals surface area contributed by atoms with Crippen molar-refractivity contribution in [3.63, 3.8) is 0 Å². The molecule has 2 saturated carbocycles. The zero-order valence-corrected chi connectivity index (χ0v) is 21.1. The van der Waals surface area contributed by atoms with E-state index in [9.17, 15) is 22.6 Å². The van der Waals surface area contributed by atoms with Gasteiger partial charge in [-0.05, 0) is 60.9 Å². The van der Waals surface area contributed by atoms with E-state index in [0.717, 1.165) is 36.3 Å². The van der Waals surface area contributed by atoms with Crippen LogP contribution in [0.2, 0.25) is 0 Å². The molecule has 202 valence electrons. The predicted molar refractivity (Wildman–Crippen MR) is 135 cm³/mol. The second-order valence-electron chi connectivity index (χ2n) is 9.25. The van der Waals surface area contributed by atoms with Crippen LogP contribution < -0.4 is 16.4 Å². The fourth-order valence-electron chi connectivity index (χ4n) is 4.07. The van der Waals surface area contributed by atoms with Gasteiger partial charge in [0.25, 0.3) is 0 Å². The van der Waals surface area contributed by atoms with Crippen molar-refractivity contribution in [1.29, 1.82) is 5.26 Å². The quantitative estimate of drug-likeness (QED) is 0.330. The molecule has 0 saturated heterocycles. The maximum Gasteiger partial charge on any atom is 0.490 e. The Labute approximate surface area is 218 Å². The molecule has 3 unspecified atom stereocenters. The van der Waals surface area contributed by atoms with Crippen molar-refractivity contribution in [3.05, 3.63) is 47.2 Å². The van der Waals surface area contributed by atoms with E-state index in [1.54, 1.807) is 10.8 Å². The molecule has 0 amide bonds. The number of nitrogens with zero attached hydrogens (tertiary/aromatic N) is 4. The van der Waals surface area contributed by atoms with Gasteiger partial charge < -0.3 is 21.5 Å². The zero-order chi connectivity index (χ0) is 27.6. The number of nitriles is 1. The molecule has 38 heavy (non-hydrogen) atoms. The zero-order valence-electron chi connectivity index (χ0n) is 20.3. The lowest BCUT2D eigenvalue weighted by Crippen LogP contribution is -2.21. The first-order valence-corrected chi connectivity index (χ1v) is 13.5. The normalized spacial score (nSPS) is 19.2. The molecule has 2 fully saturated rings. The Morgan fingerprint density at radius 1 is 1.34 bits per heavy atom. The van der Waals surface area contributed by atoms with Gasteiger partial charge in [0.1, 0.15) is 23.3 Å². The number of alkyl halides is 3. The van der Waals surface area contributed by atoms with Crippen LogP contribution in [0.3, 0.4) is 0 Å². The van der Waals surface area contributed by atoms with Crippen LogP contribution in [0, 0.1) is 17.2 Å². The maximum atomic E-state index is 12.0. The summed E-state index contributed by atoms with van der Waals surface area (Å²) >= 11 is 0. The minimum atomic E-state index is -5.08. The highest BCUT2D eigenvalue weighted by molar-refractivity contribution is 7.83. The number of hydrogen-bond acceptors (Lipinski definition) is 8. The summed E-state index contributed by atoms with van der Waals surface area (Å²) in [7, 11) is -0.937. The molecule has 3 aromatic rings. The standard InChI is InChI=1S/C22H25N7OS.C2HF3O2/c1-31(30)12-14-6-17(4-5-18(14)19-7-13(19)9-23)26-20-8-21(27-16-2-3-16)29-22(28-20)15(10-24)11-25-29;3-2(4,5)1(6)7/h4-6,8,11,13,16,19,27H,2-3,7,9,12,23H2,1H3,(H,26,28);(H,6,7). The molecule has 0 bridgehead atoms. The molecule has 0 radical (unpaired) electrons. The van der Waals surface area contributed by atoms with Crippen LogP contribution >= 0.6 is 0 Å². The van der Waals surface area contributed by atoms with E-state index in [1.807, 2.05) is 12.1 Å². The molecule has 0 spiro atoms. The van der Waals surface area contributed by atoms with E-state index in [4.69, 9.17) is 15.6 Å². The molecule has 5 N–H and O–H groups in total. The van der Waals surface area contributed by atoms with E-state index >= 15 is 0 Å². The van der Waals surface area contributed by atoms with Crippen molar-refractivity contribution >= 4 is 39.7 Å². The molecule has 3 atom stereocenters. The first-order valence-electron chi connectivity index (χ1n) is 11.8. The fourth-order valence-corrected chi connectivity index (χ4v) is 4.76. The number of carbonyl (C=O) groups is 1. The molecule has 2 aliphatic rings. The molecule has 2 aliphatic carbocycles. The topological polar surface area (TPSA) is 158 Å². The van der Waals surface area contributed by atoms with Crippen LogP contribution in [0.25, 0.3) is 5.65 Å². The summed E-state index contributed by atoms with van der Waals surface area (Å²) in [6, 6.07) is 10.7. The van der Waals surface area contributed by atoms with Gasteiger partial charge in [0.15, 0.2) is 5.65 Å². The summed E-state index contributed by atoms with van der Waals surface area (Å²) in [5.74, 6) is 0.191. The van der Waals surface area contributed by atoms with Crippen molar-refractivity contribution in [2.45, 2.75) is 43.2 Å². The van der Waals surface area contributed by atoms with Crippen LogP contribution in [-0.4, -0.2) is 54.9 Å². The van der Waals surface area contributed by atoms with E-state index in [-0.39, 0.29) is 0 Å². The predicted octanol–water partition coefficient (Wildman–Crippen LogP) is 3.49. The van der Waals surface area contributed by atoms with Crippen molar-refractivity contribution in [3.8, 4) is 6.07 Å². The Hall–Kier alpha value is -3.70. The average molecular weight is 550 g/mol. The highest BCUT2D eigenvalue weighted by Crippen LogP contribution is 2.48. The first kappa shape index (κ1) is 27.3. The summed E-state index contributed by atoms with van der Waals surface area (Å²) in [6.45, 7) is 0.687. The fraction of sp³-hybridized carbons (Fsp3) is 0.417. The van der Waals surface area contributed by atoms with E-state index in [1.165, 1.54) is 11.8 Å². The molecule has 2 aromatic heterocycles. The third-order valence-corrected chi connectivity index (χ3v) is 6.88. The minimum absolute atomic E-state index is 0.432. The monoisotopic (exact) mass is 549 g/mol. The number of carboxylic acids is 1. The number of benzene rings is 1. The van der Waals surface area contributed by atoms with E-state index < -0.39 is 22.9 Å². The Kier molecular flexibility index (Phi) is 7.89. The van der Waals surface area contributed by atoms with E-state index in [2.05, 4.69) is 38.9 Å². The number of rotatable bonds is 8. The average Bonchev–Trinajstić information content (AvgIpc) is 3.76. The van der Waals surface area contributed by atoms with Crippen molar-refractivity contribution < 1.29 is 27.3 Å². The Morgan fingerprint density at radius 2 is 2.05 bits per heavy atom. The number of hydrogen-bond donors (Lipinski definition) is 4. The lowest BCUT2D eigenvalue weighted by molar-refractivity contribution is -0.192. The van der Waals surface area contributed by atoms with Crippen LogP contribution in [0.15, 0.2) is 30.5 Å². The van der Waals surface area contributed by atoms with E-state index in [0.29, 0.717) is 47.2 Å². The molecule has 10 nitrogen and oxygen atoms in total. The molecule has 0 aliphatic heterocycles. The molecule has 2 heterocycles. The summed E-state index contributed by atoms with van der Waals surface area (Å²) in [5.41, 5.74) is 10.0. The second-order valence-corrected chi connectivity index (χ2v) is 10.7. The van der Waals surface area contributed by atoms with Gasteiger partial charge in [-0.15, -0.1) is 0 Å². The van der Waals surface area contributed by atoms with Gasteiger partial charge in [-0.2, -0.15) is 28.0 Å². The number of nitrogens with one attached hydrogen (secondary N) is 2. The van der Waals surface area contributed by atoms with Gasteiger partial charge in [0.2, 0.25) is 0 Å². The number of nitrogens with two attached hydrogens (primary N) is 1. The van der Waals surface area contributed by atoms with Crippen LogP contribution in [0.5, 0.6) is 0 Å². The van der Waals surface area contributed by atoms with Crippen molar-refractivity contribution in [2.24, 2.45) is 11.7 Å². The molecule has 14 heteroatoms. The smallest absolute Gasteiger partial charge is 0.475 e. The number of carboxylic acid groups (broad SMARTS) is 1. The Morgan fingerprint density at radius 3 is 2.61 bits per heavy atom. The highest BCUT2D eigenvalue weighted by atomic mass is 32.2. The van der Waals surface area contributed by atoms with Crippen LogP contribution in [-0.2, 0) is 21.3 Å². The third-order valence-electron chi connectivity index (χ3n) is 6.16. The van der Waals surface area contributed by atoms with Gasteiger partial charge in [-0.3, -0.25) is 4.21 Å². The number of fused-ring (bicyclic) bond motifs is 1. The largest absolute Gasteiger partial charge is 0.490 e. The summed E-state index contributed by atoms with van der Waals surface area (Å²) in [4.78, 5) is 13.5. The van der Waals surface area contributed by atoms with Crippen LogP contribution in [0.1, 0.15) is 41.9 Å². The van der Waals surface area contributed by atoms with Gasteiger partial charge >= 0.3 is 12.1 Å². The highest BCUT2D eigenvalue weighted by Gasteiger charge is 2.39. The summed E-state index contributed by atoms with van der Waals surface area (Å²) < 4.78 is 45.4. The number of aromatic nitrogens is 3. The molecule has 1 aromatic carbocycles. The summed E-state index contributed by atoms with van der Waals surface area (Å²) in [6.07, 6.45) is 1.54. The number of aliphatic carboxylic acids is 1. The Balaban J connectivity index is 0.000000426. The van der Waals surface area contributed by atoms with Gasteiger partial charge in [0, 0.05) is 40.6 Å². The van der Waals surface area contributed by atoms with Crippen molar-refractivity contribution in [2.75, 3.05) is 23.4 Å². The second kappa shape index (κ2) is 11.0. The van der Waals surface area contributed by atoms with Gasteiger partial charge in [0.05, 0.1) is 6.20 Å². The SMILES string of the molecule is CS(=O)Cc1cc(Nc2cc(NC3CC3)n3ncc(C#N)c3n2)ccc1C1CC1CN.O=C(O)C(F)(F)F. The van der Waals surface area contributed by atoms with Crippen LogP contribution in [0.4, 0.5) is 30.5 Å². The lowest BCUT2D eigenvalue weighted by Gasteiger charge is -2.14. The molecule has 5 rings (SSSR count). The maximum absolute atomic E-state index is 12.0. The molecular weight excluding hydrogens is 523 g/mol. The third kappa shape index (κ3) is 6.59. The lowest BCUT2D eigenvalue weighted by atomic mass is 10.0. The number of anilines is 3. The number of halogens is 3. The minimum Gasteiger partial charge on any atom is -0.475 e. The van der Waals surface area contributed by atoms with Crippen molar-refractivity contribution in [1.82, 2.24) is 14.6 Å². The van der Waals surface area contributed by atoms with Gasteiger partial charge in [-0.1, -0.05) is 6.07 Å². The van der Waals surface area contributed by atoms with Gasteiger partial charge in [-0.25, -0.2) is 9.78 Å². The first-order chi connectivity index (χ1) is 18.0.